The van der Waals surface area contributed by atoms with Gasteiger partial charge in [-0.05, 0) is 35.9 Å². The molecule has 0 saturated carbocycles. The molecule has 102 valence electrons. The van der Waals surface area contributed by atoms with Gasteiger partial charge in [0, 0.05) is 13.6 Å². The summed E-state index contributed by atoms with van der Waals surface area (Å²) in [5.41, 5.74) is 1.81. The van der Waals surface area contributed by atoms with Crippen LogP contribution in [0.1, 0.15) is 11.1 Å². The van der Waals surface area contributed by atoms with Crippen LogP contribution in [0.4, 0.5) is 10.1 Å². The number of rotatable bonds is 4. The van der Waals surface area contributed by atoms with Gasteiger partial charge < -0.3 is 9.64 Å². The minimum atomic E-state index is -0.394. The highest BCUT2D eigenvalue weighted by Crippen LogP contribution is 2.22. The van der Waals surface area contributed by atoms with Crippen molar-refractivity contribution in [3.05, 3.63) is 59.4 Å². The van der Waals surface area contributed by atoms with Crippen LogP contribution in [0.5, 0.6) is 5.75 Å². The number of methoxy groups -OCH3 is 1. The smallest absolute Gasteiger partial charge is 0.147 e. The molecule has 0 heterocycles. The van der Waals surface area contributed by atoms with Crippen LogP contribution in [0.15, 0.2) is 42.5 Å². The Bertz CT molecular complexity index is 649. The van der Waals surface area contributed by atoms with Crippen molar-refractivity contribution in [3.8, 4) is 11.8 Å². The maximum absolute atomic E-state index is 13.9. The molecule has 3 nitrogen and oxygen atoms in total. The molecule has 0 aliphatic heterocycles. The van der Waals surface area contributed by atoms with Crippen LogP contribution in [0, 0.1) is 17.1 Å². The first-order chi connectivity index (χ1) is 9.63. The number of benzene rings is 2. The van der Waals surface area contributed by atoms with Gasteiger partial charge in [-0.1, -0.05) is 12.1 Å². The molecular weight excluding hydrogens is 255 g/mol. The summed E-state index contributed by atoms with van der Waals surface area (Å²) in [6.45, 7) is 0.556. The summed E-state index contributed by atoms with van der Waals surface area (Å²) < 4.78 is 19.1. The number of halogens is 1. The topological polar surface area (TPSA) is 36.3 Å². The Balaban J connectivity index is 2.19. The van der Waals surface area contributed by atoms with Crippen molar-refractivity contribution in [2.24, 2.45) is 0 Å². The maximum atomic E-state index is 13.9. The van der Waals surface area contributed by atoms with E-state index in [9.17, 15) is 4.39 Å². The lowest BCUT2D eigenvalue weighted by Crippen LogP contribution is -2.17. The monoisotopic (exact) mass is 270 g/mol. The summed E-state index contributed by atoms with van der Waals surface area (Å²) >= 11 is 0. The maximum Gasteiger partial charge on any atom is 0.147 e. The molecule has 2 aromatic carbocycles. The van der Waals surface area contributed by atoms with E-state index in [1.165, 1.54) is 6.07 Å². The predicted molar refractivity (Wildman–Crippen MR) is 76.2 cm³/mol. The molecule has 0 unspecified atom stereocenters. The fourth-order valence-electron chi connectivity index (χ4n) is 2.02. The van der Waals surface area contributed by atoms with Gasteiger partial charge >= 0.3 is 0 Å². The third-order valence-electron chi connectivity index (χ3n) is 3.04. The van der Waals surface area contributed by atoms with E-state index in [1.807, 2.05) is 37.4 Å². The molecule has 0 amide bonds. The van der Waals surface area contributed by atoms with Crippen molar-refractivity contribution < 1.29 is 9.13 Å². The molecule has 0 saturated heterocycles. The lowest BCUT2D eigenvalue weighted by Gasteiger charge is -2.20. The van der Waals surface area contributed by atoms with Crippen molar-refractivity contribution in [3.63, 3.8) is 0 Å². The van der Waals surface area contributed by atoms with E-state index in [-0.39, 0.29) is 0 Å². The summed E-state index contributed by atoms with van der Waals surface area (Å²) in [5, 5.41) is 8.74. The Morgan fingerprint density at radius 2 is 2.05 bits per heavy atom. The molecule has 0 spiro atoms. The number of hydrogen-bond donors (Lipinski definition) is 0. The average molecular weight is 270 g/mol. The van der Waals surface area contributed by atoms with Gasteiger partial charge in [0.15, 0.2) is 0 Å². The summed E-state index contributed by atoms with van der Waals surface area (Å²) in [6.07, 6.45) is 0. The zero-order valence-corrected chi connectivity index (χ0v) is 11.4. The quantitative estimate of drug-likeness (QED) is 0.855. The number of hydrogen-bond acceptors (Lipinski definition) is 3. The molecule has 0 aromatic heterocycles. The van der Waals surface area contributed by atoms with Crippen LogP contribution in [-0.4, -0.2) is 14.2 Å². The van der Waals surface area contributed by atoms with E-state index in [2.05, 4.69) is 0 Å². The Labute approximate surface area is 117 Å². The van der Waals surface area contributed by atoms with Gasteiger partial charge in [-0.15, -0.1) is 0 Å². The normalized spacial score (nSPS) is 9.90. The third kappa shape index (κ3) is 3.07. The minimum Gasteiger partial charge on any atom is -0.497 e. The van der Waals surface area contributed by atoms with Gasteiger partial charge in [-0.2, -0.15) is 5.26 Å². The summed E-state index contributed by atoms with van der Waals surface area (Å²) in [7, 11) is 3.42. The molecule has 20 heavy (non-hydrogen) atoms. The van der Waals surface area contributed by atoms with Crippen molar-refractivity contribution in [1.82, 2.24) is 0 Å². The first kappa shape index (κ1) is 13.9. The number of anilines is 1. The molecule has 0 fully saturated rings. The summed E-state index contributed by atoms with van der Waals surface area (Å²) in [6, 6.07) is 14.0. The average Bonchev–Trinajstić information content (AvgIpc) is 2.47. The summed E-state index contributed by atoms with van der Waals surface area (Å²) in [4.78, 5) is 1.80. The SMILES string of the molecule is COc1cccc(CN(C)c2ccc(C#N)cc2F)c1. The number of ether oxygens (including phenoxy) is 1. The fourth-order valence-corrected chi connectivity index (χ4v) is 2.02. The second-order valence-corrected chi connectivity index (χ2v) is 4.49. The second-order valence-electron chi connectivity index (χ2n) is 4.49. The molecule has 0 aliphatic carbocycles. The largest absolute Gasteiger partial charge is 0.497 e. The fraction of sp³-hybridized carbons (Fsp3) is 0.188. The van der Waals surface area contributed by atoms with Gasteiger partial charge in [-0.25, -0.2) is 4.39 Å². The van der Waals surface area contributed by atoms with E-state index < -0.39 is 5.82 Å². The van der Waals surface area contributed by atoms with E-state index in [0.717, 1.165) is 11.3 Å². The van der Waals surface area contributed by atoms with Crippen LogP contribution in [0.25, 0.3) is 0 Å². The second kappa shape index (κ2) is 6.07. The Morgan fingerprint density at radius 1 is 1.25 bits per heavy atom. The van der Waals surface area contributed by atoms with Crippen molar-refractivity contribution >= 4 is 5.69 Å². The Morgan fingerprint density at radius 3 is 2.70 bits per heavy atom. The van der Waals surface area contributed by atoms with Crippen molar-refractivity contribution in [2.75, 3.05) is 19.1 Å². The predicted octanol–water partition coefficient (Wildman–Crippen LogP) is 3.34. The zero-order chi connectivity index (χ0) is 14.5. The van der Waals surface area contributed by atoms with Gasteiger partial charge in [0.25, 0.3) is 0 Å². The van der Waals surface area contributed by atoms with E-state index in [1.54, 1.807) is 24.1 Å². The summed E-state index contributed by atoms with van der Waals surface area (Å²) in [5.74, 6) is 0.380. The van der Waals surface area contributed by atoms with Crippen LogP contribution in [-0.2, 0) is 6.54 Å². The molecule has 0 N–H and O–H groups in total. The third-order valence-corrected chi connectivity index (χ3v) is 3.04. The molecular formula is C16H15FN2O. The molecule has 2 aromatic rings. The lowest BCUT2D eigenvalue weighted by molar-refractivity contribution is 0.414. The zero-order valence-electron chi connectivity index (χ0n) is 11.4. The lowest BCUT2D eigenvalue weighted by atomic mass is 10.1. The van der Waals surface area contributed by atoms with E-state index in [4.69, 9.17) is 10.00 Å². The van der Waals surface area contributed by atoms with Crippen LogP contribution < -0.4 is 9.64 Å². The van der Waals surface area contributed by atoms with Gasteiger partial charge in [0.1, 0.15) is 11.6 Å². The van der Waals surface area contributed by atoms with Crippen LogP contribution >= 0.6 is 0 Å². The molecule has 4 heteroatoms. The molecule has 2 rings (SSSR count). The standard InChI is InChI=1S/C16H15FN2O/c1-19(11-13-4-3-5-14(8-13)20-2)16-7-6-12(10-18)9-15(16)17/h3-9H,11H2,1-2H3. The van der Waals surface area contributed by atoms with E-state index >= 15 is 0 Å². The van der Waals surface area contributed by atoms with Crippen molar-refractivity contribution in [2.45, 2.75) is 6.54 Å². The first-order valence-electron chi connectivity index (χ1n) is 6.17. The van der Waals surface area contributed by atoms with Gasteiger partial charge in [0.2, 0.25) is 0 Å². The van der Waals surface area contributed by atoms with Gasteiger partial charge in [0.05, 0.1) is 24.4 Å². The molecule has 0 atom stereocenters. The van der Waals surface area contributed by atoms with Crippen LogP contribution in [0.3, 0.4) is 0 Å². The van der Waals surface area contributed by atoms with Gasteiger partial charge in [-0.3, -0.25) is 0 Å². The highest BCUT2D eigenvalue weighted by molar-refractivity contribution is 5.51. The minimum absolute atomic E-state index is 0.320. The Kier molecular flexibility index (Phi) is 4.21. The first-order valence-corrected chi connectivity index (χ1v) is 6.17. The molecule has 0 radical (unpaired) electrons. The number of nitrogens with zero attached hydrogens (tertiary/aromatic N) is 2. The number of nitriles is 1. The van der Waals surface area contributed by atoms with Crippen LogP contribution in [0.2, 0.25) is 0 Å². The molecule has 0 aliphatic rings. The van der Waals surface area contributed by atoms with E-state index in [0.29, 0.717) is 17.8 Å². The highest BCUT2D eigenvalue weighted by atomic mass is 19.1. The highest BCUT2D eigenvalue weighted by Gasteiger charge is 2.09. The Hall–Kier alpha value is -2.54. The van der Waals surface area contributed by atoms with Crippen molar-refractivity contribution in [1.29, 1.82) is 5.26 Å². The molecule has 0 bridgehead atoms.